The van der Waals surface area contributed by atoms with Crippen molar-refractivity contribution in [2.45, 2.75) is 12.5 Å². The highest BCUT2D eigenvalue weighted by Crippen LogP contribution is 2.44. The van der Waals surface area contributed by atoms with Crippen molar-refractivity contribution in [1.29, 1.82) is 0 Å². The molecule has 8 aromatic rings. The second-order valence-corrected chi connectivity index (χ2v) is 12.2. The van der Waals surface area contributed by atoms with Crippen LogP contribution < -0.4 is 5.32 Å². The Bertz CT molecular complexity index is 2600. The monoisotopic (exact) mass is 606 g/mol. The SMILES string of the molecule is C1=CCC(n2c3ccccc3c3c4c(ccc32)c2ccccc2n4-c2nc3c(n2-c2ccccc2)NCC(c2ccccc2)=N3)C=C1. The summed E-state index contributed by atoms with van der Waals surface area (Å²) in [6.45, 7) is 0.614. The Hall–Kier alpha value is -6.14. The van der Waals surface area contributed by atoms with E-state index in [0.29, 0.717) is 12.4 Å². The van der Waals surface area contributed by atoms with Crippen molar-refractivity contribution in [2.24, 2.45) is 4.99 Å². The second kappa shape index (κ2) is 10.2. The minimum Gasteiger partial charge on any atom is -0.362 e. The first-order chi connectivity index (χ1) is 23.3. The normalized spacial score (nSPS) is 15.8. The van der Waals surface area contributed by atoms with Crippen LogP contribution in [0.15, 0.2) is 151 Å². The van der Waals surface area contributed by atoms with Crippen LogP contribution in [0, 0.1) is 0 Å². The van der Waals surface area contributed by atoms with Crippen molar-refractivity contribution in [2.75, 3.05) is 11.9 Å². The smallest absolute Gasteiger partial charge is 0.223 e. The van der Waals surface area contributed by atoms with E-state index in [1.54, 1.807) is 0 Å². The Morgan fingerprint density at radius 1 is 0.638 bits per heavy atom. The van der Waals surface area contributed by atoms with Crippen LogP contribution in [0.3, 0.4) is 0 Å². The molecule has 47 heavy (non-hydrogen) atoms. The van der Waals surface area contributed by atoms with Gasteiger partial charge in [-0.2, -0.15) is 4.98 Å². The van der Waals surface area contributed by atoms with E-state index in [-0.39, 0.29) is 6.04 Å². The number of anilines is 1. The molecule has 5 aromatic carbocycles. The van der Waals surface area contributed by atoms with Gasteiger partial charge in [0.05, 0.1) is 40.5 Å². The van der Waals surface area contributed by atoms with Gasteiger partial charge in [-0.05, 0) is 42.3 Å². The number of benzene rings is 5. The van der Waals surface area contributed by atoms with Gasteiger partial charge in [-0.1, -0.05) is 115 Å². The zero-order chi connectivity index (χ0) is 30.9. The fourth-order valence-corrected chi connectivity index (χ4v) is 7.60. The highest BCUT2D eigenvalue weighted by molar-refractivity contribution is 6.25. The number of aliphatic imine (C=N–C) groups is 1. The van der Waals surface area contributed by atoms with Crippen molar-refractivity contribution < 1.29 is 0 Å². The molecule has 0 spiro atoms. The van der Waals surface area contributed by atoms with Gasteiger partial charge in [-0.15, -0.1) is 0 Å². The molecule has 4 heterocycles. The number of fused-ring (bicyclic) bond motifs is 8. The first-order valence-electron chi connectivity index (χ1n) is 16.2. The Labute approximate surface area is 271 Å². The number of nitrogens with one attached hydrogen (secondary N) is 1. The fraction of sp³-hybridized carbons (Fsp3) is 0.0732. The number of hydrogen-bond acceptors (Lipinski definition) is 3. The summed E-state index contributed by atoms with van der Waals surface area (Å²) in [5.41, 5.74) is 7.82. The first kappa shape index (κ1) is 26.1. The van der Waals surface area contributed by atoms with Gasteiger partial charge in [0.25, 0.3) is 0 Å². The van der Waals surface area contributed by atoms with Gasteiger partial charge in [0.15, 0.2) is 11.6 Å². The number of allylic oxidation sites excluding steroid dienone is 4. The summed E-state index contributed by atoms with van der Waals surface area (Å²) < 4.78 is 7.11. The summed E-state index contributed by atoms with van der Waals surface area (Å²) >= 11 is 0. The van der Waals surface area contributed by atoms with Gasteiger partial charge in [0.1, 0.15) is 0 Å². The van der Waals surface area contributed by atoms with E-state index in [4.69, 9.17) is 9.98 Å². The molecule has 1 aliphatic carbocycles. The third-order valence-electron chi connectivity index (χ3n) is 9.62. The lowest BCUT2D eigenvalue weighted by Crippen LogP contribution is -2.20. The molecule has 0 saturated carbocycles. The van der Waals surface area contributed by atoms with Gasteiger partial charge in [0, 0.05) is 27.1 Å². The predicted molar refractivity (Wildman–Crippen MR) is 194 cm³/mol. The molecule has 6 nitrogen and oxygen atoms in total. The Balaban J connectivity index is 1.34. The van der Waals surface area contributed by atoms with Crippen LogP contribution >= 0.6 is 0 Å². The molecular formula is C41H30N6. The van der Waals surface area contributed by atoms with Gasteiger partial charge in [-0.25, -0.2) is 4.99 Å². The maximum Gasteiger partial charge on any atom is 0.223 e. The lowest BCUT2D eigenvalue weighted by atomic mass is 10.1. The minimum absolute atomic E-state index is 0.242. The van der Waals surface area contributed by atoms with Crippen molar-refractivity contribution >= 4 is 61.0 Å². The average Bonchev–Trinajstić information content (AvgIpc) is 3.80. The summed E-state index contributed by atoms with van der Waals surface area (Å²) in [7, 11) is 0. The van der Waals surface area contributed by atoms with Crippen LogP contribution in [-0.4, -0.2) is 30.9 Å². The van der Waals surface area contributed by atoms with E-state index in [1.807, 2.05) is 6.07 Å². The van der Waals surface area contributed by atoms with Crippen molar-refractivity contribution in [3.05, 3.63) is 151 Å². The Morgan fingerprint density at radius 3 is 2.19 bits per heavy atom. The highest BCUT2D eigenvalue weighted by Gasteiger charge is 2.28. The summed E-state index contributed by atoms with van der Waals surface area (Å²) in [4.78, 5) is 10.5. The molecule has 2 aliphatic rings. The number of para-hydroxylation sites is 3. The van der Waals surface area contributed by atoms with Gasteiger partial charge in [0.2, 0.25) is 5.95 Å². The van der Waals surface area contributed by atoms with E-state index >= 15 is 0 Å². The number of aromatic nitrogens is 4. The van der Waals surface area contributed by atoms with Crippen LogP contribution in [0.4, 0.5) is 11.6 Å². The maximum atomic E-state index is 5.38. The van der Waals surface area contributed by atoms with Gasteiger partial charge < -0.3 is 9.88 Å². The molecule has 6 heteroatoms. The van der Waals surface area contributed by atoms with Crippen LogP contribution in [0.5, 0.6) is 0 Å². The third-order valence-corrected chi connectivity index (χ3v) is 9.62. The largest absolute Gasteiger partial charge is 0.362 e. The average molecular weight is 607 g/mol. The van der Waals surface area contributed by atoms with Gasteiger partial charge >= 0.3 is 0 Å². The van der Waals surface area contributed by atoms with Crippen molar-refractivity contribution in [3.63, 3.8) is 0 Å². The third kappa shape index (κ3) is 3.85. The molecule has 0 radical (unpaired) electrons. The van der Waals surface area contributed by atoms with E-state index < -0.39 is 0 Å². The van der Waals surface area contributed by atoms with Crippen LogP contribution in [0.1, 0.15) is 18.0 Å². The number of hydrogen-bond donors (Lipinski definition) is 1. The zero-order valence-electron chi connectivity index (χ0n) is 25.6. The molecular weight excluding hydrogens is 576 g/mol. The first-order valence-corrected chi connectivity index (χ1v) is 16.2. The molecule has 1 unspecified atom stereocenters. The van der Waals surface area contributed by atoms with Gasteiger partial charge in [-0.3, -0.25) is 9.13 Å². The van der Waals surface area contributed by atoms with E-state index in [0.717, 1.165) is 46.2 Å². The molecule has 1 atom stereocenters. The lowest BCUT2D eigenvalue weighted by Gasteiger charge is -2.19. The molecule has 10 rings (SSSR count). The molecule has 0 bridgehead atoms. The summed E-state index contributed by atoms with van der Waals surface area (Å²) in [5.74, 6) is 2.39. The van der Waals surface area contributed by atoms with Crippen LogP contribution in [0.2, 0.25) is 0 Å². The second-order valence-electron chi connectivity index (χ2n) is 12.2. The Kier molecular flexibility index (Phi) is 5.66. The Morgan fingerprint density at radius 2 is 1.38 bits per heavy atom. The van der Waals surface area contributed by atoms with E-state index in [9.17, 15) is 0 Å². The molecule has 3 aromatic heterocycles. The number of nitrogens with zero attached hydrogens (tertiary/aromatic N) is 5. The van der Waals surface area contributed by atoms with E-state index in [2.05, 4.69) is 159 Å². The fourth-order valence-electron chi connectivity index (χ4n) is 7.60. The predicted octanol–water partition coefficient (Wildman–Crippen LogP) is 9.68. The molecule has 1 aliphatic heterocycles. The maximum absolute atomic E-state index is 5.38. The topological polar surface area (TPSA) is 52.1 Å². The lowest BCUT2D eigenvalue weighted by molar-refractivity contribution is 0.648. The minimum atomic E-state index is 0.242. The quantitative estimate of drug-likeness (QED) is 0.217. The molecule has 0 amide bonds. The van der Waals surface area contributed by atoms with E-state index in [1.165, 1.54) is 32.6 Å². The molecule has 0 saturated heterocycles. The number of imidazole rings is 1. The summed E-state index contributed by atoms with van der Waals surface area (Å²) in [6, 6.07) is 43.2. The van der Waals surface area contributed by atoms with Crippen LogP contribution in [-0.2, 0) is 0 Å². The van der Waals surface area contributed by atoms with Crippen molar-refractivity contribution in [1.82, 2.24) is 18.7 Å². The standard InChI is InChI=1S/C41H30N6/c1-4-14-27(15-5-1)33-26-42-40-39(43-33)44-41(46(40)29-18-8-3-9-19-29)47-34-22-12-10-20-30(34)31-24-25-36-37(38(31)47)32-21-11-13-23-35(32)45(36)28-16-6-2-7-17-28/h1-16,18-25,28,42H,17,26H2. The zero-order valence-corrected chi connectivity index (χ0v) is 25.6. The molecule has 0 fully saturated rings. The number of rotatable bonds is 4. The van der Waals surface area contributed by atoms with Crippen LogP contribution in [0.25, 0.3) is 55.2 Å². The summed E-state index contributed by atoms with van der Waals surface area (Å²) in [6.07, 6.45) is 9.85. The molecule has 1 N–H and O–H groups in total. The molecule has 224 valence electrons. The highest BCUT2D eigenvalue weighted by atomic mass is 15.3. The van der Waals surface area contributed by atoms with Crippen molar-refractivity contribution in [3.8, 4) is 11.6 Å². The summed E-state index contributed by atoms with van der Waals surface area (Å²) in [5, 5.41) is 8.59.